The van der Waals surface area contributed by atoms with Gasteiger partial charge in [-0.25, -0.2) is 4.79 Å². The van der Waals surface area contributed by atoms with Gasteiger partial charge >= 0.3 is 6.03 Å². The van der Waals surface area contributed by atoms with Gasteiger partial charge in [0.25, 0.3) is 5.91 Å². The second-order valence-electron chi connectivity index (χ2n) is 7.88. The normalized spacial score (nSPS) is 28.1. The molecule has 0 spiro atoms. The second-order valence-corrected chi connectivity index (χ2v) is 7.88. The van der Waals surface area contributed by atoms with Gasteiger partial charge < -0.3 is 5.11 Å². The molecule has 2 aromatic rings. The first-order valence-electron chi connectivity index (χ1n) is 9.90. The van der Waals surface area contributed by atoms with E-state index in [4.69, 9.17) is 0 Å². The van der Waals surface area contributed by atoms with Gasteiger partial charge in [0.1, 0.15) is 0 Å². The lowest BCUT2D eigenvalue weighted by molar-refractivity contribution is -0.132. The molecule has 3 atom stereocenters. The maximum absolute atomic E-state index is 13.7. The summed E-state index contributed by atoms with van der Waals surface area (Å²) >= 11 is 0. The predicted octanol–water partition coefficient (Wildman–Crippen LogP) is 3.44. The van der Waals surface area contributed by atoms with Gasteiger partial charge in [0, 0.05) is 7.05 Å². The van der Waals surface area contributed by atoms with Crippen LogP contribution < -0.4 is 0 Å². The first-order valence-corrected chi connectivity index (χ1v) is 9.90. The third kappa shape index (κ3) is 2.65. The lowest BCUT2D eigenvalue weighted by atomic mass is 9.78. The van der Waals surface area contributed by atoms with Crippen LogP contribution in [0, 0.1) is 6.92 Å². The van der Waals surface area contributed by atoms with Crippen molar-refractivity contribution in [2.24, 2.45) is 0 Å². The Hall–Kier alpha value is -2.66. The second kappa shape index (κ2) is 7.06. The van der Waals surface area contributed by atoms with Crippen molar-refractivity contribution in [3.05, 3.63) is 71.3 Å². The SMILES string of the molecule is Cc1ccc([C@@]2(c3ccccc3)C(=O)N(C)C(=O)N2[C@@H]2CCCC[C@H]2O)cc1. The van der Waals surface area contributed by atoms with Gasteiger partial charge in [0.2, 0.25) is 0 Å². The molecule has 5 nitrogen and oxygen atoms in total. The van der Waals surface area contributed by atoms with Gasteiger partial charge in [-0.1, -0.05) is 73.0 Å². The van der Waals surface area contributed by atoms with Crippen LogP contribution in [0.1, 0.15) is 42.4 Å². The summed E-state index contributed by atoms with van der Waals surface area (Å²) in [4.78, 5) is 29.8. The fourth-order valence-electron chi connectivity index (χ4n) is 4.69. The van der Waals surface area contributed by atoms with Crippen LogP contribution in [-0.2, 0) is 10.3 Å². The van der Waals surface area contributed by atoms with E-state index in [9.17, 15) is 14.7 Å². The molecular formula is C23H26N2O3. The minimum atomic E-state index is -1.26. The van der Waals surface area contributed by atoms with E-state index in [1.165, 1.54) is 11.9 Å². The van der Waals surface area contributed by atoms with Crippen molar-refractivity contribution in [3.63, 3.8) is 0 Å². The van der Waals surface area contributed by atoms with Gasteiger partial charge in [-0.2, -0.15) is 0 Å². The summed E-state index contributed by atoms with van der Waals surface area (Å²) in [6.45, 7) is 2.00. The highest BCUT2D eigenvalue weighted by molar-refractivity contribution is 6.09. The molecular weight excluding hydrogens is 352 g/mol. The van der Waals surface area contributed by atoms with E-state index in [2.05, 4.69) is 0 Å². The van der Waals surface area contributed by atoms with Gasteiger partial charge in [0.05, 0.1) is 12.1 Å². The highest BCUT2D eigenvalue weighted by atomic mass is 16.3. The van der Waals surface area contributed by atoms with Crippen molar-refractivity contribution in [2.75, 3.05) is 7.05 Å². The average molecular weight is 378 g/mol. The average Bonchev–Trinajstić information content (AvgIpc) is 2.91. The fourth-order valence-corrected chi connectivity index (χ4v) is 4.69. The molecule has 2 aliphatic rings. The highest BCUT2D eigenvalue weighted by Crippen LogP contribution is 2.46. The van der Waals surface area contributed by atoms with Crippen LogP contribution in [0.3, 0.4) is 0 Å². The number of aliphatic hydroxyl groups is 1. The van der Waals surface area contributed by atoms with Crippen LogP contribution in [0.15, 0.2) is 54.6 Å². The van der Waals surface area contributed by atoms with E-state index < -0.39 is 17.7 Å². The molecule has 0 aromatic heterocycles. The topological polar surface area (TPSA) is 60.9 Å². The summed E-state index contributed by atoms with van der Waals surface area (Å²) < 4.78 is 0. The minimum absolute atomic E-state index is 0.273. The molecule has 1 aliphatic heterocycles. The molecule has 146 valence electrons. The van der Waals surface area contributed by atoms with Gasteiger partial charge in [-0.05, 0) is 30.9 Å². The quantitative estimate of drug-likeness (QED) is 0.833. The molecule has 2 aromatic carbocycles. The van der Waals surface area contributed by atoms with Gasteiger partial charge in [-0.3, -0.25) is 14.6 Å². The van der Waals surface area contributed by atoms with Crippen molar-refractivity contribution < 1.29 is 14.7 Å². The maximum atomic E-state index is 13.7. The van der Waals surface area contributed by atoms with Crippen LogP contribution in [0.5, 0.6) is 0 Å². The molecule has 2 fully saturated rings. The lowest BCUT2D eigenvalue weighted by Crippen LogP contribution is -2.56. The maximum Gasteiger partial charge on any atom is 0.328 e. The van der Waals surface area contributed by atoms with Crippen LogP contribution in [-0.4, -0.2) is 46.0 Å². The van der Waals surface area contributed by atoms with Crippen molar-refractivity contribution in [3.8, 4) is 0 Å². The Morgan fingerprint density at radius 2 is 1.54 bits per heavy atom. The molecule has 4 rings (SSSR count). The molecule has 0 radical (unpaired) electrons. The van der Waals surface area contributed by atoms with Crippen molar-refractivity contribution in [1.29, 1.82) is 0 Å². The number of carbonyl (C=O) groups is 2. The highest BCUT2D eigenvalue weighted by Gasteiger charge is 2.61. The zero-order valence-corrected chi connectivity index (χ0v) is 16.3. The monoisotopic (exact) mass is 378 g/mol. The standard InChI is InChI=1S/C23H26N2O3/c1-16-12-14-18(15-13-16)23(17-8-4-3-5-9-17)21(27)24(2)22(28)25(23)19-10-6-7-11-20(19)26/h3-5,8-9,12-15,19-20,26H,6-7,10-11H2,1-2H3/t19-,20-,23+/m1/s1. The zero-order chi connectivity index (χ0) is 19.9. The Bertz CT molecular complexity index is 880. The molecule has 0 unspecified atom stereocenters. The first kappa shape index (κ1) is 18.7. The molecule has 1 saturated carbocycles. The first-order chi connectivity index (χ1) is 13.5. The number of urea groups is 1. The lowest BCUT2D eigenvalue weighted by Gasteiger charge is -2.44. The number of carbonyl (C=O) groups excluding carboxylic acids is 2. The summed E-state index contributed by atoms with van der Waals surface area (Å²) in [6, 6.07) is 16.5. The Morgan fingerprint density at radius 3 is 2.18 bits per heavy atom. The number of benzene rings is 2. The van der Waals surface area contributed by atoms with Crippen molar-refractivity contribution in [1.82, 2.24) is 9.80 Å². The molecule has 3 amide bonds. The number of aryl methyl sites for hydroxylation is 1. The Labute approximate surface area is 165 Å². The molecule has 28 heavy (non-hydrogen) atoms. The number of likely N-dealkylation sites (N-methyl/N-ethyl adjacent to an activating group) is 1. The number of amides is 3. The third-order valence-electron chi connectivity index (χ3n) is 6.15. The molecule has 5 heteroatoms. The van der Waals surface area contributed by atoms with Crippen LogP contribution >= 0.6 is 0 Å². The number of imide groups is 1. The number of aliphatic hydroxyl groups excluding tert-OH is 1. The molecule has 1 aliphatic carbocycles. The van der Waals surface area contributed by atoms with Crippen molar-refractivity contribution in [2.45, 2.75) is 50.3 Å². The van der Waals surface area contributed by atoms with Gasteiger partial charge in [-0.15, -0.1) is 0 Å². The molecule has 1 N–H and O–H groups in total. The number of nitrogens with zero attached hydrogens (tertiary/aromatic N) is 2. The number of hydrogen-bond donors (Lipinski definition) is 1. The smallest absolute Gasteiger partial charge is 0.328 e. The zero-order valence-electron chi connectivity index (χ0n) is 16.3. The van der Waals surface area contributed by atoms with E-state index in [1.54, 1.807) is 4.90 Å². The predicted molar refractivity (Wildman–Crippen MR) is 107 cm³/mol. The largest absolute Gasteiger partial charge is 0.391 e. The molecule has 1 saturated heterocycles. The van der Waals surface area contributed by atoms with Crippen LogP contribution in [0.4, 0.5) is 4.79 Å². The Kier molecular flexibility index (Phi) is 4.71. The van der Waals surface area contributed by atoms with Crippen molar-refractivity contribution >= 4 is 11.9 Å². The summed E-state index contributed by atoms with van der Waals surface area (Å²) in [7, 11) is 1.53. The summed E-state index contributed by atoms with van der Waals surface area (Å²) in [5, 5.41) is 10.8. The fraction of sp³-hybridized carbons (Fsp3) is 0.391. The minimum Gasteiger partial charge on any atom is -0.391 e. The third-order valence-corrected chi connectivity index (χ3v) is 6.15. The van der Waals surface area contributed by atoms with E-state index in [1.807, 2.05) is 61.5 Å². The summed E-state index contributed by atoms with van der Waals surface area (Å²) in [5.41, 5.74) is 1.33. The van der Waals surface area contributed by atoms with Crippen LogP contribution in [0.25, 0.3) is 0 Å². The van der Waals surface area contributed by atoms with Gasteiger partial charge in [0.15, 0.2) is 5.54 Å². The Balaban J connectivity index is 1.99. The molecule has 0 bridgehead atoms. The molecule has 1 heterocycles. The Morgan fingerprint density at radius 1 is 0.929 bits per heavy atom. The van der Waals surface area contributed by atoms with E-state index in [0.717, 1.165) is 29.5 Å². The van der Waals surface area contributed by atoms with Crippen LogP contribution in [0.2, 0.25) is 0 Å². The number of hydrogen-bond acceptors (Lipinski definition) is 3. The number of rotatable bonds is 3. The van der Waals surface area contributed by atoms with E-state index >= 15 is 0 Å². The van der Waals surface area contributed by atoms with E-state index in [0.29, 0.717) is 12.8 Å². The summed E-state index contributed by atoms with van der Waals surface area (Å²) in [6.07, 6.45) is 2.57. The summed E-state index contributed by atoms with van der Waals surface area (Å²) in [5.74, 6) is -0.273. The van der Waals surface area contributed by atoms with E-state index in [-0.39, 0.29) is 11.9 Å².